The number of carbonyl (C=O) groups excluding carboxylic acids is 2. The summed E-state index contributed by atoms with van der Waals surface area (Å²) >= 11 is 0. The highest BCUT2D eigenvalue weighted by Gasteiger charge is 2.29. The molecule has 0 aliphatic carbocycles. The van der Waals surface area contributed by atoms with Gasteiger partial charge in [0, 0.05) is 25.0 Å². The smallest absolute Gasteiger partial charge is 0.225 e. The molecular formula is C14H26N2O2. The zero-order valence-corrected chi connectivity index (χ0v) is 12.0. The third kappa shape index (κ3) is 4.00. The van der Waals surface area contributed by atoms with Crippen LogP contribution >= 0.6 is 0 Å². The van der Waals surface area contributed by atoms with Crippen molar-refractivity contribution in [1.82, 2.24) is 10.2 Å². The number of nitrogens with one attached hydrogen (secondary N) is 1. The minimum atomic E-state index is -0.0320. The maximum absolute atomic E-state index is 12.1. The largest absolute Gasteiger partial charge is 0.353 e. The van der Waals surface area contributed by atoms with Gasteiger partial charge in [0.2, 0.25) is 11.8 Å². The molecule has 104 valence electrons. The first-order valence-corrected chi connectivity index (χ1v) is 7.04. The van der Waals surface area contributed by atoms with Gasteiger partial charge in [0.1, 0.15) is 0 Å². The Morgan fingerprint density at radius 1 is 1.33 bits per heavy atom. The monoisotopic (exact) mass is 254 g/mol. The summed E-state index contributed by atoms with van der Waals surface area (Å²) in [5.74, 6) is 0.249. The molecule has 0 bridgehead atoms. The molecule has 1 fully saturated rings. The van der Waals surface area contributed by atoms with Crippen LogP contribution in [0.3, 0.4) is 0 Å². The second-order valence-corrected chi connectivity index (χ2v) is 5.60. The van der Waals surface area contributed by atoms with Gasteiger partial charge in [-0.1, -0.05) is 20.8 Å². The van der Waals surface area contributed by atoms with Crippen LogP contribution in [0.15, 0.2) is 0 Å². The number of rotatable bonds is 4. The fourth-order valence-electron chi connectivity index (χ4n) is 2.22. The van der Waals surface area contributed by atoms with Gasteiger partial charge in [0.05, 0.1) is 5.92 Å². The number of carbonyl (C=O) groups is 2. The average Bonchev–Trinajstić information content (AvgIpc) is 2.37. The van der Waals surface area contributed by atoms with Crippen molar-refractivity contribution in [3.05, 3.63) is 0 Å². The first-order valence-electron chi connectivity index (χ1n) is 7.04. The Hall–Kier alpha value is -1.06. The van der Waals surface area contributed by atoms with Crippen molar-refractivity contribution in [2.45, 2.75) is 53.0 Å². The third-order valence-corrected chi connectivity index (χ3v) is 3.60. The summed E-state index contributed by atoms with van der Waals surface area (Å²) < 4.78 is 0. The minimum Gasteiger partial charge on any atom is -0.353 e. The lowest BCUT2D eigenvalue weighted by Gasteiger charge is -2.33. The Kier molecular flexibility index (Phi) is 5.63. The van der Waals surface area contributed by atoms with E-state index in [1.807, 2.05) is 25.7 Å². The summed E-state index contributed by atoms with van der Waals surface area (Å²) in [5.41, 5.74) is 0. The standard InChI is InChI=1S/C14H26N2O2/c1-5-11(4)15-13(17)12-7-6-8-16(9-12)14(18)10(2)3/h10-12H,5-9H2,1-4H3,(H,15,17). The molecule has 1 aliphatic rings. The predicted octanol–water partition coefficient (Wildman–Crippen LogP) is 1.80. The Labute approximate surface area is 110 Å². The van der Waals surface area contributed by atoms with E-state index >= 15 is 0 Å². The summed E-state index contributed by atoms with van der Waals surface area (Å²) in [6.45, 7) is 9.26. The summed E-state index contributed by atoms with van der Waals surface area (Å²) in [6, 6.07) is 0.216. The van der Waals surface area contributed by atoms with Crippen LogP contribution in [0.1, 0.15) is 47.0 Å². The SMILES string of the molecule is CCC(C)NC(=O)C1CCCN(C(=O)C(C)C)C1. The third-order valence-electron chi connectivity index (χ3n) is 3.60. The van der Waals surface area contributed by atoms with Crippen LogP contribution in [-0.4, -0.2) is 35.8 Å². The first kappa shape index (κ1) is 15.0. The summed E-state index contributed by atoms with van der Waals surface area (Å²) in [5, 5.41) is 3.01. The van der Waals surface area contributed by atoms with E-state index in [1.165, 1.54) is 0 Å². The second-order valence-electron chi connectivity index (χ2n) is 5.60. The van der Waals surface area contributed by atoms with Gasteiger partial charge in [-0.05, 0) is 26.2 Å². The maximum atomic E-state index is 12.1. The van der Waals surface area contributed by atoms with Gasteiger partial charge >= 0.3 is 0 Å². The van der Waals surface area contributed by atoms with Crippen LogP contribution in [0.2, 0.25) is 0 Å². The number of amides is 2. The topological polar surface area (TPSA) is 49.4 Å². The lowest BCUT2D eigenvalue weighted by Crippen LogP contribution is -2.48. The van der Waals surface area contributed by atoms with Gasteiger partial charge in [-0.25, -0.2) is 0 Å². The summed E-state index contributed by atoms with van der Waals surface area (Å²) in [6.07, 6.45) is 2.76. The second kappa shape index (κ2) is 6.76. The van der Waals surface area contributed by atoms with Crippen molar-refractivity contribution in [3.8, 4) is 0 Å². The Morgan fingerprint density at radius 3 is 2.56 bits per heavy atom. The van der Waals surface area contributed by atoms with Crippen molar-refractivity contribution in [3.63, 3.8) is 0 Å². The Bertz CT molecular complexity index is 302. The maximum Gasteiger partial charge on any atom is 0.225 e. The molecule has 4 nitrogen and oxygen atoms in total. The molecule has 1 saturated heterocycles. The predicted molar refractivity (Wildman–Crippen MR) is 72.0 cm³/mol. The molecule has 0 spiro atoms. The van der Waals surface area contributed by atoms with Gasteiger partial charge in [0.25, 0.3) is 0 Å². The van der Waals surface area contributed by atoms with Crippen LogP contribution in [-0.2, 0) is 9.59 Å². The molecule has 2 unspecified atom stereocenters. The quantitative estimate of drug-likeness (QED) is 0.831. The van der Waals surface area contributed by atoms with E-state index < -0.39 is 0 Å². The Balaban J connectivity index is 2.53. The fraction of sp³-hybridized carbons (Fsp3) is 0.857. The first-order chi connectivity index (χ1) is 8.45. The van der Waals surface area contributed by atoms with E-state index in [9.17, 15) is 9.59 Å². The molecule has 0 radical (unpaired) electrons. The molecule has 0 saturated carbocycles. The van der Waals surface area contributed by atoms with Gasteiger partial charge in [-0.3, -0.25) is 9.59 Å². The van der Waals surface area contributed by atoms with Crippen LogP contribution in [0, 0.1) is 11.8 Å². The highest BCUT2D eigenvalue weighted by molar-refractivity contribution is 5.82. The highest BCUT2D eigenvalue weighted by Crippen LogP contribution is 2.18. The van der Waals surface area contributed by atoms with Crippen LogP contribution in [0.25, 0.3) is 0 Å². The molecule has 1 N–H and O–H groups in total. The number of nitrogens with zero attached hydrogens (tertiary/aromatic N) is 1. The van der Waals surface area contributed by atoms with Gasteiger partial charge in [0.15, 0.2) is 0 Å². The molecule has 18 heavy (non-hydrogen) atoms. The lowest BCUT2D eigenvalue weighted by atomic mass is 9.95. The average molecular weight is 254 g/mol. The molecule has 0 aromatic heterocycles. The van der Waals surface area contributed by atoms with E-state index in [-0.39, 0.29) is 29.7 Å². The molecule has 4 heteroatoms. The van der Waals surface area contributed by atoms with E-state index in [4.69, 9.17) is 0 Å². The normalized spacial score (nSPS) is 21.8. The number of piperidine rings is 1. The zero-order chi connectivity index (χ0) is 13.7. The fourth-order valence-corrected chi connectivity index (χ4v) is 2.22. The van der Waals surface area contributed by atoms with E-state index in [0.29, 0.717) is 6.54 Å². The van der Waals surface area contributed by atoms with Crippen LogP contribution < -0.4 is 5.32 Å². The van der Waals surface area contributed by atoms with Crippen LogP contribution in [0.5, 0.6) is 0 Å². The van der Waals surface area contributed by atoms with Crippen molar-refractivity contribution in [1.29, 1.82) is 0 Å². The lowest BCUT2D eigenvalue weighted by molar-refractivity contribution is -0.138. The molecule has 1 aliphatic heterocycles. The van der Waals surface area contributed by atoms with Crippen molar-refractivity contribution < 1.29 is 9.59 Å². The number of hydrogen-bond acceptors (Lipinski definition) is 2. The van der Waals surface area contributed by atoms with Gasteiger partial charge in [-0.2, -0.15) is 0 Å². The van der Waals surface area contributed by atoms with Crippen molar-refractivity contribution >= 4 is 11.8 Å². The zero-order valence-electron chi connectivity index (χ0n) is 12.0. The molecule has 2 amide bonds. The summed E-state index contributed by atoms with van der Waals surface area (Å²) in [7, 11) is 0. The molecule has 0 aromatic rings. The number of hydrogen-bond donors (Lipinski definition) is 1. The molecule has 0 aromatic carbocycles. The molecule has 2 atom stereocenters. The summed E-state index contributed by atoms with van der Waals surface area (Å²) in [4.78, 5) is 25.8. The van der Waals surface area contributed by atoms with E-state index in [0.717, 1.165) is 25.8 Å². The minimum absolute atomic E-state index is 0.0152. The number of likely N-dealkylation sites (tertiary alicyclic amines) is 1. The van der Waals surface area contributed by atoms with Gasteiger partial charge < -0.3 is 10.2 Å². The van der Waals surface area contributed by atoms with Crippen LogP contribution in [0.4, 0.5) is 0 Å². The molecule has 1 heterocycles. The molecule has 1 rings (SSSR count). The van der Waals surface area contributed by atoms with Crippen molar-refractivity contribution in [2.75, 3.05) is 13.1 Å². The van der Waals surface area contributed by atoms with E-state index in [1.54, 1.807) is 0 Å². The van der Waals surface area contributed by atoms with E-state index in [2.05, 4.69) is 12.2 Å². The van der Waals surface area contributed by atoms with Crippen molar-refractivity contribution in [2.24, 2.45) is 11.8 Å². The highest BCUT2D eigenvalue weighted by atomic mass is 16.2. The molecular weight excluding hydrogens is 228 g/mol. The Morgan fingerprint density at radius 2 is 2.00 bits per heavy atom. The van der Waals surface area contributed by atoms with Gasteiger partial charge in [-0.15, -0.1) is 0 Å².